The van der Waals surface area contributed by atoms with Crippen LogP contribution in [0, 0.1) is 0 Å². The number of amides is 1. The minimum absolute atomic E-state index is 0.0400. The van der Waals surface area contributed by atoms with Crippen molar-refractivity contribution >= 4 is 27.5 Å². The molecule has 0 N–H and O–H groups in total. The van der Waals surface area contributed by atoms with Gasteiger partial charge in [-0.25, -0.2) is 4.98 Å². The monoisotopic (exact) mass is 298 g/mol. The van der Waals surface area contributed by atoms with Crippen molar-refractivity contribution in [2.75, 3.05) is 6.54 Å². The molecule has 0 unspecified atom stereocenters. The number of furan rings is 1. The second kappa shape index (κ2) is 5.00. The van der Waals surface area contributed by atoms with Gasteiger partial charge >= 0.3 is 0 Å². The number of para-hydroxylation sites is 1. The SMILES string of the molecule is O=C(c1ccco1)N1CCC[C@@H]1c1nc2ccccc2s1. The van der Waals surface area contributed by atoms with Gasteiger partial charge in [-0.3, -0.25) is 4.79 Å². The Bertz CT molecular complexity index is 746. The van der Waals surface area contributed by atoms with Crippen LogP contribution in [0.2, 0.25) is 0 Å². The van der Waals surface area contributed by atoms with Crippen LogP contribution in [0.25, 0.3) is 10.2 Å². The molecule has 1 aromatic carbocycles. The first-order chi connectivity index (χ1) is 10.3. The molecule has 1 saturated heterocycles. The molecule has 5 heteroatoms. The van der Waals surface area contributed by atoms with Crippen LogP contribution in [0.5, 0.6) is 0 Å². The lowest BCUT2D eigenvalue weighted by Gasteiger charge is -2.21. The highest BCUT2D eigenvalue weighted by Crippen LogP contribution is 2.37. The highest BCUT2D eigenvalue weighted by Gasteiger charge is 2.33. The number of aromatic nitrogens is 1. The van der Waals surface area contributed by atoms with Crippen molar-refractivity contribution in [3.8, 4) is 0 Å². The van der Waals surface area contributed by atoms with Crippen LogP contribution in [0.3, 0.4) is 0 Å². The molecule has 0 aliphatic carbocycles. The Labute approximate surface area is 126 Å². The van der Waals surface area contributed by atoms with E-state index >= 15 is 0 Å². The van der Waals surface area contributed by atoms with Crippen molar-refractivity contribution in [3.05, 3.63) is 53.4 Å². The summed E-state index contributed by atoms with van der Waals surface area (Å²) in [4.78, 5) is 19.1. The summed E-state index contributed by atoms with van der Waals surface area (Å²) in [7, 11) is 0. The summed E-state index contributed by atoms with van der Waals surface area (Å²) in [6.45, 7) is 0.764. The van der Waals surface area contributed by atoms with Crippen LogP contribution in [0.1, 0.15) is 34.4 Å². The number of likely N-dealkylation sites (tertiary alicyclic amines) is 1. The van der Waals surface area contributed by atoms with Gasteiger partial charge in [0.15, 0.2) is 5.76 Å². The lowest BCUT2D eigenvalue weighted by Crippen LogP contribution is -2.30. The number of carbonyl (C=O) groups is 1. The van der Waals surface area contributed by atoms with Crippen molar-refractivity contribution in [2.24, 2.45) is 0 Å². The predicted molar refractivity (Wildman–Crippen MR) is 81.3 cm³/mol. The van der Waals surface area contributed by atoms with E-state index in [0.29, 0.717) is 5.76 Å². The molecule has 3 heterocycles. The molecule has 0 saturated carbocycles. The second-order valence-corrected chi connectivity index (χ2v) is 6.22. The number of hydrogen-bond donors (Lipinski definition) is 0. The average Bonchev–Trinajstić information content (AvgIpc) is 3.24. The summed E-state index contributed by atoms with van der Waals surface area (Å²) in [6, 6.07) is 11.6. The number of nitrogens with zero attached hydrogens (tertiary/aromatic N) is 2. The number of carbonyl (C=O) groups excluding carboxylic acids is 1. The van der Waals surface area contributed by atoms with E-state index in [0.717, 1.165) is 29.9 Å². The Hall–Kier alpha value is -2.14. The minimum atomic E-state index is -0.0400. The molecule has 1 aliphatic heterocycles. The van der Waals surface area contributed by atoms with Gasteiger partial charge in [0.2, 0.25) is 0 Å². The fourth-order valence-corrected chi connectivity index (χ4v) is 3.96. The topological polar surface area (TPSA) is 46.3 Å². The summed E-state index contributed by atoms with van der Waals surface area (Å²) < 4.78 is 6.41. The average molecular weight is 298 g/mol. The van der Waals surface area contributed by atoms with E-state index < -0.39 is 0 Å². The van der Waals surface area contributed by atoms with Crippen LogP contribution >= 0.6 is 11.3 Å². The number of rotatable bonds is 2. The molecule has 0 radical (unpaired) electrons. The van der Waals surface area contributed by atoms with Crippen molar-refractivity contribution in [1.82, 2.24) is 9.88 Å². The second-order valence-electron chi connectivity index (χ2n) is 5.15. The Kier molecular flexibility index (Phi) is 3.00. The molecule has 3 aromatic rings. The van der Waals surface area contributed by atoms with Gasteiger partial charge in [-0.2, -0.15) is 0 Å². The Morgan fingerprint density at radius 1 is 1.29 bits per heavy atom. The molecule has 1 aliphatic rings. The van der Waals surface area contributed by atoms with E-state index in [4.69, 9.17) is 9.40 Å². The van der Waals surface area contributed by atoms with E-state index in [1.54, 1.807) is 23.5 Å². The molecule has 1 amide bonds. The molecule has 1 atom stereocenters. The fourth-order valence-electron chi connectivity index (χ4n) is 2.84. The highest BCUT2D eigenvalue weighted by atomic mass is 32.1. The first-order valence-electron chi connectivity index (χ1n) is 7.03. The lowest BCUT2D eigenvalue weighted by molar-refractivity contribution is 0.0703. The van der Waals surface area contributed by atoms with Crippen molar-refractivity contribution < 1.29 is 9.21 Å². The van der Waals surface area contributed by atoms with E-state index in [9.17, 15) is 4.79 Å². The number of thiazole rings is 1. The van der Waals surface area contributed by atoms with Crippen molar-refractivity contribution in [3.63, 3.8) is 0 Å². The maximum Gasteiger partial charge on any atom is 0.290 e. The van der Waals surface area contributed by atoms with Crippen LogP contribution in [-0.2, 0) is 0 Å². The molecular weight excluding hydrogens is 284 g/mol. The predicted octanol–water partition coefficient (Wildman–Crippen LogP) is 3.87. The standard InChI is InChI=1S/C16H14N2O2S/c19-16(13-7-4-10-20-13)18-9-3-6-12(18)15-17-11-5-1-2-8-14(11)21-15/h1-2,4-5,7-8,10,12H,3,6,9H2/t12-/m1/s1. The third-order valence-corrected chi connectivity index (χ3v) is 4.98. The van der Waals surface area contributed by atoms with E-state index in [2.05, 4.69) is 6.07 Å². The smallest absolute Gasteiger partial charge is 0.290 e. The van der Waals surface area contributed by atoms with Gasteiger partial charge < -0.3 is 9.32 Å². The molecule has 1 fully saturated rings. The fraction of sp³-hybridized carbons (Fsp3) is 0.250. The Morgan fingerprint density at radius 3 is 3.00 bits per heavy atom. The Balaban J connectivity index is 1.68. The molecule has 2 aromatic heterocycles. The quantitative estimate of drug-likeness (QED) is 0.721. The molecule has 21 heavy (non-hydrogen) atoms. The number of benzene rings is 1. The van der Waals surface area contributed by atoms with Gasteiger partial charge in [0.25, 0.3) is 5.91 Å². The van der Waals surface area contributed by atoms with Gasteiger partial charge in [0, 0.05) is 6.54 Å². The largest absolute Gasteiger partial charge is 0.459 e. The number of hydrogen-bond acceptors (Lipinski definition) is 4. The van der Waals surface area contributed by atoms with Gasteiger partial charge in [0.05, 0.1) is 22.5 Å². The van der Waals surface area contributed by atoms with Gasteiger partial charge in [-0.1, -0.05) is 12.1 Å². The van der Waals surface area contributed by atoms with Gasteiger partial charge in [-0.05, 0) is 37.1 Å². The van der Waals surface area contributed by atoms with E-state index in [-0.39, 0.29) is 11.9 Å². The zero-order valence-electron chi connectivity index (χ0n) is 11.4. The zero-order valence-corrected chi connectivity index (χ0v) is 12.2. The third kappa shape index (κ3) is 2.14. The molecule has 4 nitrogen and oxygen atoms in total. The molecule has 106 valence electrons. The third-order valence-electron chi connectivity index (χ3n) is 3.84. The van der Waals surface area contributed by atoms with Crippen LogP contribution < -0.4 is 0 Å². The summed E-state index contributed by atoms with van der Waals surface area (Å²) in [5, 5.41) is 1.02. The maximum absolute atomic E-state index is 12.5. The summed E-state index contributed by atoms with van der Waals surface area (Å²) >= 11 is 1.68. The normalized spacial score (nSPS) is 18.5. The van der Waals surface area contributed by atoms with Gasteiger partial charge in [0.1, 0.15) is 5.01 Å². The van der Waals surface area contributed by atoms with E-state index in [1.807, 2.05) is 23.1 Å². The molecule has 0 bridgehead atoms. The van der Waals surface area contributed by atoms with Crippen LogP contribution in [0.4, 0.5) is 0 Å². The van der Waals surface area contributed by atoms with Crippen molar-refractivity contribution in [2.45, 2.75) is 18.9 Å². The first-order valence-corrected chi connectivity index (χ1v) is 7.84. The zero-order chi connectivity index (χ0) is 14.2. The molecular formula is C16H14N2O2S. The maximum atomic E-state index is 12.5. The van der Waals surface area contributed by atoms with Gasteiger partial charge in [-0.15, -0.1) is 11.3 Å². The van der Waals surface area contributed by atoms with Crippen LogP contribution in [-0.4, -0.2) is 22.3 Å². The van der Waals surface area contributed by atoms with Crippen molar-refractivity contribution in [1.29, 1.82) is 0 Å². The van der Waals surface area contributed by atoms with Crippen LogP contribution in [0.15, 0.2) is 47.1 Å². The highest BCUT2D eigenvalue weighted by molar-refractivity contribution is 7.18. The lowest BCUT2D eigenvalue weighted by atomic mass is 10.2. The minimum Gasteiger partial charge on any atom is -0.459 e. The molecule has 0 spiro atoms. The first kappa shape index (κ1) is 12.6. The Morgan fingerprint density at radius 2 is 2.19 bits per heavy atom. The van der Waals surface area contributed by atoms with E-state index in [1.165, 1.54) is 11.0 Å². The summed E-state index contributed by atoms with van der Waals surface area (Å²) in [6.07, 6.45) is 3.51. The molecule has 4 rings (SSSR count). The summed E-state index contributed by atoms with van der Waals surface area (Å²) in [5.41, 5.74) is 1.01. The summed E-state index contributed by atoms with van der Waals surface area (Å²) in [5.74, 6) is 0.366. The number of fused-ring (bicyclic) bond motifs is 1.